The Balaban J connectivity index is 0.00000400. The lowest BCUT2D eigenvalue weighted by Crippen LogP contribution is -2.38. The molecule has 0 saturated carbocycles. The van der Waals surface area contributed by atoms with Gasteiger partial charge in [0.1, 0.15) is 0 Å². The average Bonchev–Trinajstić information content (AvgIpc) is 2.43. The van der Waals surface area contributed by atoms with Gasteiger partial charge in [0.15, 0.2) is 0 Å². The first-order valence-corrected chi connectivity index (χ1v) is 7.00. The van der Waals surface area contributed by atoms with Gasteiger partial charge < -0.3 is 15.8 Å². The molecule has 1 atom stereocenters. The summed E-state index contributed by atoms with van der Waals surface area (Å²) < 4.78 is 5.11. The fraction of sp³-hybridized carbons (Fsp3) is 0.562. The molecule has 0 aliphatic carbocycles. The number of hydrogen-bond acceptors (Lipinski definition) is 3. The standard InChI is InChI=1S/C16H26N2O2.ClH/c1-16(2,10-13-7-5-4-6-8-13)12-18-15(19)9-14(11-17)20-3;/h4-8,14H,9-12,17H2,1-3H3,(H,18,19);1H. The van der Waals surface area contributed by atoms with Crippen LogP contribution in [0, 0.1) is 5.41 Å². The molecule has 1 aromatic carbocycles. The summed E-state index contributed by atoms with van der Waals surface area (Å²) in [6.45, 7) is 5.30. The summed E-state index contributed by atoms with van der Waals surface area (Å²) in [7, 11) is 1.57. The number of amides is 1. The molecule has 0 saturated heterocycles. The zero-order chi connectivity index (χ0) is 15.0. The van der Waals surface area contributed by atoms with Crippen molar-refractivity contribution in [3.8, 4) is 0 Å². The van der Waals surface area contributed by atoms with E-state index in [0.29, 0.717) is 19.5 Å². The Labute approximate surface area is 133 Å². The smallest absolute Gasteiger partial charge is 0.222 e. The molecular formula is C16H27ClN2O2. The third-order valence-corrected chi connectivity index (χ3v) is 3.30. The minimum atomic E-state index is -0.202. The lowest BCUT2D eigenvalue weighted by Gasteiger charge is -2.25. The van der Waals surface area contributed by atoms with Crippen LogP contribution in [0.4, 0.5) is 0 Å². The SMILES string of the molecule is COC(CN)CC(=O)NCC(C)(C)Cc1ccccc1.Cl. The third-order valence-electron chi connectivity index (χ3n) is 3.30. The van der Waals surface area contributed by atoms with Crippen molar-refractivity contribution in [2.75, 3.05) is 20.2 Å². The summed E-state index contributed by atoms with van der Waals surface area (Å²) in [6, 6.07) is 10.3. The Bertz CT molecular complexity index is 406. The molecule has 3 N–H and O–H groups in total. The largest absolute Gasteiger partial charge is 0.380 e. The Morgan fingerprint density at radius 2 is 1.95 bits per heavy atom. The number of nitrogens with one attached hydrogen (secondary N) is 1. The molecule has 120 valence electrons. The number of carbonyl (C=O) groups is 1. The summed E-state index contributed by atoms with van der Waals surface area (Å²) in [4.78, 5) is 11.8. The number of benzene rings is 1. The quantitative estimate of drug-likeness (QED) is 0.773. The van der Waals surface area contributed by atoms with Crippen molar-refractivity contribution < 1.29 is 9.53 Å². The van der Waals surface area contributed by atoms with Gasteiger partial charge in [-0.05, 0) is 17.4 Å². The molecule has 0 aliphatic rings. The van der Waals surface area contributed by atoms with Gasteiger partial charge in [-0.25, -0.2) is 0 Å². The van der Waals surface area contributed by atoms with E-state index in [0.717, 1.165) is 6.42 Å². The van der Waals surface area contributed by atoms with Crippen molar-refractivity contribution >= 4 is 18.3 Å². The molecule has 1 aromatic rings. The molecule has 5 heteroatoms. The van der Waals surface area contributed by atoms with Crippen LogP contribution in [-0.4, -0.2) is 32.2 Å². The van der Waals surface area contributed by atoms with E-state index in [1.165, 1.54) is 5.56 Å². The molecular weight excluding hydrogens is 288 g/mol. The molecule has 1 rings (SSSR count). The second-order valence-corrected chi connectivity index (χ2v) is 5.90. The maximum Gasteiger partial charge on any atom is 0.222 e. The molecule has 0 radical (unpaired) electrons. The van der Waals surface area contributed by atoms with Crippen LogP contribution in [0.1, 0.15) is 25.8 Å². The van der Waals surface area contributed by atoms with Crippen LogP contribution in [0.5, 0.6) is 0 Å². The van der Waals surface area contributed by atoms with E-state index in [9.17, 15) is 4.79 Å². The number of rotatable bonds is 8. The number of nitrogens with two attached hydrogens (primary N) is 1. The van der Waals surface area contributed by atoms with Gasteiger partial charge in [-0.3, -0.25) is 4.79 Å². The van der Waals surface area contributed by atoms with Crippen LogP contribution in [0.25, 0.3) is 0 Å². The van der Waals surface area contributed by atoms with Crippen LogP contribution >= 0.6 is 12.4 Å². The molecule has 1 amide bonds. The predicted octanol–water partition coefficient (Wildman–Crippen LogP) is 2.16. The maximum absolute atomic E-state index is 11.8. The highest BCUT2D eigenvalue weighted by atomic mass is 35.5. The predicted molar refractivity (Wildman–Crippen MR) is 88.7 cm³/mol. The monoisotopic (exact) mass is 314 g/mol. The van der Waals surface area contributed by atoms with Gasteiger partial charge in [-0.15, -0.1) is 12.4 Å². The maximum atomic E-state index is 11.8. The van der Waals surface area contributed by atoms with Crippen molar-refractivity contribution in [3.05, 3.63) is 35.9 Å². The van der Waals surface area contributed by atoms with Gasteiger partial charge in [0.05, 0.1) is 12.5 Å². The molecule has 0 spiro atoms. The first-order chi connectivity index (χ1) is 9.46. The Morgan fingerprint density at radius 3 is 2.48 bits per heavy atom. The number of halogens is 1. The summed E-state index contributed by atoms with van der Waals surface area (Å²) in [5, 5.41) is 2.97. The van der Waals surface area contributed by atoms with E-state index in [4.69, 9.17) is 10.5 Å². The van der Waals surface area contributed by atoms with Gasteiger partial charge in [0, 0.05) is 20.2 Å². The number of hydrogen-bond donors (Lipinski definition) is 2. The van der Waals surface area contributed by atoms with Gasteiger partial charge in [-0.2, -0.15) is 0 Å². The number of methoxy groups -OCH3 is 1. The summed E-state index contributed by atoms with van der Waals surface area (Å²) in [5.41, 5.74) is 6.81. The van der Waals surface area contributed by atoms with Crippen LogP contribution in [-0.2, 0) is 16.0 Å². The van der Waals surface area contributed by atoms with E-state index in [2.05, 4.69) is 31.3 Å². The van der Waals surface area contributed by atoms with E-state index >= 15 is 0 Å². The Morgan fingerprint density at radius 1 is 1.33 bits per heavy atom. The van der Waals surface area contributed by atoms with Crippen LogP contribution in [0.3, 0.4) is 0 Å². The Hall–Kier alpha value is -1.10. The van der Waals surface area contributed by atoms with Crippen molar-refractivity contribution in [3.63, 3.8) is 0 Å². The van der Waals surface area contributed by atoms with Gasteiger partial charge in [-0.1, -0.05) is 44.2 Å². The van der Waals surface area contributed by atoms with Crippen molar-refractivity contribution in [2.24, 2.45) is 11.1 Å². The molecule has 21 heavy (non-hydrogen) atoms. The highest BCUT2D eigenvalue weighted by Crippen LogP contribution is 2.20. The Kier molecular flexibility index (Phi) is 9.26. The highest BCUT2D eigenvalue weighted by Gasteiger charge is 2.20. The van der Waals surface area contributed by atoms with Crippen molar-refractivity contribution in [1.29, 1.82) is 0 Å². The van der Waals surface area contributed by atoms with E-state index in [1.54, 1.807) is 7.11 Å². The minimum Gasteiger partial charge on any atom is -0.380 e. The van der Waals surface area contributed by atoms with Crippen molar-refractivity contribution in [1.82, 2.24) is 5.32 Å². The second kappa shape index (κ2) is 9.77. The van der Waals surface area contributed by atoms with Crippen LogP contribution in [0.15, 0.2) is 30.3 Å². The first kappa shape index (κ1) is 19.9. The minimum absolute atomic E-state index is 0. The lowest BCUT2D eigenvalue weighted by atomic mass is 9.85. The highest BCUT2D eigenvalue weighted by molar-refractivity contribution is 5.85. The normalized spacial score (nSPS) is 12.4. The zero-order valence-electron chi connectivity index (χ0n) is 13.1. The summed E-state index contributed by atoms with van der Waals surface area (Å²) >= 11 is 0. The molecule has 0 aromatic heterocycles. The number of ether oxygens (including phenoxy) is 1. The zero-order valence-corrected chi connectivity index (χ0v) is 13.9. The summed E-state index contributed by atoms with van der Waals surface area (Å²) in [6.07, 6.45) is 1.04. The molecule has 4 nitrogen and oxygen atoms in total. The van der Waals surface area contributed by atoms with Gasteiger partial charge >= 0.3 is 0 Å². The average molecular weight is 315 g/mol. The van der Waals surface area contributed by atoms with Crippen LogP contribution < -0.4 is 11.1 Å². The number of carbonyl (C=O) groups excluding carboxylic acids is 1. The second-order valence-electron chi connectivity index (χ2n) is 5.90. The lowest BCUT2D eigenvalue weighted by molar-refractivity contribution is -0.123. The summed E-state index contributed by atoms with van der Waals surface area (Å²) in [5.74, 6) is -0.0107. The van der Waals surface area contributed by atoms with Gasteiger partial charge in [0.2, 0.25) is 5.91 Å². The topological polar surface area (TPSA) is 64.3 Å². The third kappa shape index (κ3) is 8.05. The first-order valence-electron chi connectivity index (χ1n) is 7.00. The van der Waals surface area contributed by atoms with E-state index in [-0.39, 0.29) is 29.8 Å². The molecule has 0 fully saturated rings. The van der Waals surface area contributed by atoms with Gasteiger partial charge in [0.25, 0.3) is 0 Å². The van der Waals surface area contributed by atoms with E-state index in [1.807, 2.05) is 18.2 Å². The molecule has 0 aliphatic heterocycles. The fourth-order valence-electron chi connectivity index (χ4n) is 2.09. The molecule has 0 bridgehead atoms. The van der Waals surface area contributed by atoms with Crippen LogP contribution in [0.2, 0.25) is 0 Å². The molecule has 0 heterocycles. The molecule has 1 unspecified atom stereocenters. The van der Waals surface area contributed by atoms with Crippen molar-refractivity contribution in [2.45, 2.75) is 32.8 Å². The fourth-order valence-corrected chi connectivity index (χ4v) is 2.09. The van der Waals surface area contributed by atoms with E-state index < -0.39 is 0 Å².